The van der Waals surface area contributed by atoms with Gasteiger partial charge in [-0.05, 0) is 33.1 Å². The van der Waals surface area contributed by atoms with Crippen molar-refractivity contribution in [2.45, 2.75) is 40.9 Å². The number of hydrogen-bond acceptors (Lipinski definition) is 8. The van der Waals surface area contributed by atoms with Gasteiger partial charge in [-0.15, -0.1) is 0 Å². The molecular weight excluding hydrogens is 389 g/mol. The lowest BCUT2D eigenvalue weighted by molar-refractivity contribution is 0.266. The lowest BCUT2D eigenvalue weighted by atomic mass is 10.5. The lowest BCUT2D eigenvalue weighted by Crippen LogP contribution is -2.67. The molecule has 0 aromatic rings. The van der Waals surface area contributed by atoms with Gasteiger partial charge < -0.3 is 16.5 Å². The maximum atomic E-state index is 6.26. The minimum absolute atomic E-state index is 0.136. The van der Waals surface area contributed by atoms with E-state index < -0.39 is 34.2 Å². The molecule has 4 nitrogen and oxygen atoms in total. The summed E-state index contributed by atoms with van der Waals surface area (Å²) < 4.78 is 22.0. The molecule has 1 saturated heterocycles. The van der Waals surface area contributed by atoms with E-state index in [2.05, 4.69) is 50.5 Å². The van der Waals surface area contributed by atoms with Crippen LogP contribution in [0.25, 0.3) is 0 Å². The van der Waals surface area contributed by atoms with Gasteiger partial charge in [-0.2, -0.15) is 50.5 Å². The zero-order valence-corrected chi connectivity index (χ0v) is 19.0. The molecule has 111 valence electrons. The quantitative estimate of drug-likeness (QED) is 0.321. The molecule has 1 aliphatic heterocycles. The molecule has 1 rings (SSSR count). The summed E-state index contributed by atoms with van der Waals surface area (Å²) in [6.45, 7) is 9.59. The fourth-order valence-electron chi connectivity index (χ4n) is 1.61. The first-order chi connectivity index (χ1) is 8.31. The van der Waals surface area contributed by atoms with Crippen molar-refractivity contribution < 1.29 is 16.5 Å². The molecule has 0 aromatic carbocycles. The molecule has 1 heterocycles. The topological polar surface area (TPSA) is 36.9 Å². The van der Waals surface area contributed by atoms with Gasteiger partial charge in [0.25, 0.3) is 0 Å². The van der Waals surface area contributed by atoms with E-state index in [0.29, 0.717) is 0 Å². The molecule has 1 aliphatic rings. The molecule has 0 aromatic heterocycles. The third-order valence-corrected chi connectivity index (χ3v) is 19.5. The highest BCUT2D eigenvalue weighted by Gasteiger charge is 2.61. The summed E-state index contributed by atoms with van der Waals surface area (Å²) >= 11 is 18.2. The maximum absolute atomic E-state index is 6.26. The zero-order chi connectivity index (χ0) is 15.1. The Kier molecular flexibility index (Phi) is 6.36. The Hall–Kier alpha value is 2.11. The minimum Gasteiger partial charge on any atom is -0.415 e. The van der Waals surface area contributed by atoms with Crippen molar-refractivity contribution in [3.8, 4) is 0 Å². The molecule has 0 spiro atoms. The number of rotatable bonds is 2. The van der Waals surface area contributed by atoms with Crippen molar-refractivity contribution in [3.05, 3.63) is 0 Å². The minimum atomic E-state index is -2.83. The maximum Gasteiger partial charge on any atom is 0.413 e. The summed E-state index contributed by atoms with van der Waals surface area (Å²) in [6.07, 6.45) is 0. The van der Waals surface area contributed by atoms with Gasteiger partial charge in [0.15, 0.2) is 0 Å². The van der Waals surface area contributed by atoms with Crippen molar-refractivity contribution in [3.63, 3.8) is 0 Å². The number of thiol groups is 4. The average Bonchev–Trinajstić information content (AvgIpc) is 2.11. The standard InChI is InChI=1S/C7H19O4S4Si4/c1-6(12,13)7(14,15)19(5)9-16-8-17(2)10-18(3,4)11-19/h12-15H,1-5H3. The molecule has 1 unspecified atom stereocenters. The van der Waals surface area contributed by atoms with Crippen LogP contribution in [0.2, 0.25) is 26.2 Å². The Balaban J connectivity index is 3.08. The summed E-state index contributed by atoms with van der Waals surface area (Å²) in [5.41, 5.74) is 0. The third-order valence-electron chi connectivity index (χ3n) is 2.55. The molecule has 12 heteroatoms. The van der Waals surface area contributed by atoms with E-state index in [0.717, 1.165) is 0 Å². The molecule has 19 heavy (non-hydrogen) atoms. The summed E-state index contributed by atoms with van der Waals surface area (Å²) in [7, 11) is -6.66. The molecule has 3 radical (unpaired) electrons. The van der Waals surface area contributed by atoms with E-state index in [1.165, 1.54) is 0 Å². The van der Waals surface area contributed by atoms with Crippen molar-refractivity contribution >= 4 is 86.9 Å². The molecule has 1 atom stereocenters. The molecule has 0 amide bonds. The Morgan fingerprint density at radius 3 is 2.11 bits per heavy atom. The van der Waals surface area contributed by atoms with Gasteiger partial charge in [0.2, 0.25) is 0 Å². The van der Waals surface area contributed by atoms with Crippen LogP contribution in [0, 0.1) is 0 Å². The van der Waals surface area contributed by atoms with Gasteiger partial charge in [0, 0.05) is 0 Å². The van der Waals surface area contributed by atoms with Gasteiger partial charge in [0.05, 0.1) is 4.08 Å². The Morgan fingerprint density at radius 2 is 1.63 bits per heavy atom. The normalized spacial score (nSPS) is 30.8. The van der Waals surface area contributed by atoms with Gasteiger partial charge in [-0.1, -0.05) is 0 Å². The zero-order valence-electron chi connectivity index (χ0n) is 11.4. The van der Waals surface area contributed by atoms with Crippen LogP contribution < -0.4 is 0 Å². The first-order valence-electron chi connectivity index (χ1n) is 5.53. The summed E-state index contributed by atoms with van der Waals surface area (Å²) in [4.78, 5) is 0. The van der Waals surface area contributed by atoms with E-state index in [-0.39, 0.29) is 10.0 Å². The van der Waals surface area contributed by atoms with Gasteiger partial charge in [-0.25, -0.2) is 0 Å². The fraction of sp³-hybridized carbons (Fsp3) is 1.00. The van der Waals surface area contributed by atoms with Crippen molar-refractivity contribution in [2.24, 2.45) is 0 Å². The predicted molar refractivity (Wildman–Crippen MR) is 97.9 cm³/mol. The van der Waals surface area contributed by atoms with Gasteiger partial charge >= 0.3 is 36.4 Å². The first kappa shape index (κ1) is 19.2. The van der Waals surface area contributed by atoms with Crippen LogP contribution in [0.5, 0.6) is 0 Å². The highest BCUT2D eigenvalue weighted by Crippen LogP contribution is 2.48. The van der Waals surface area contributed by atoms with Crippen LogP contribution in [0.4, 0.5) is 0 Å². The monoisotopic (exact) mass is 407 g/mol. The summed E-state index contributed by atoms with van der Waals surface area (Å²) in [6, 6.07) is 0. The Labute approximate surface area is 143 Å². The van der Waals surface area contributed by atoms with Gasteiger partial charge in [0.1, 0.15) is 3.70 Å². The lowest BCUT2D eigenvalue weighted by Gasteiger charge is -2.49. The Morgan fingerprint density at radius 1 is 1.11 bits per heavy atom. The predicted octanol–water partition coefficient (Wildman–Crippen LogP) is 2.16. The van der Waals surface area contributed by atoms with Crippen molar-refractivity contribution in [1.82, 2.24) is 0 Å². The van der Waals surface area contributed by atoms with E-state index in [1.807, 2.05) is 33.1 Å². The van der Waals surface area contributed by atoms with Crippen molar-refractivity contribution in [1.29, 1.82) is 0 Å². The summed E-state index contributed by atoms with van der Waals surface area (Å²) in [5.74, 6) is 0. The van der Waals surface area contributed by atoms with E-state index >= 15 is 0 Å². The second-order valence-electron chi connectivity index (χ2n) is 5.02. The smallest absolute Gasteiger partial charge is 0.413 e. The van der Waals surface area contributed by atoms with Gasteiger partial charge in [-0.3, -0.25) is 0 Å². The fourth-order valence-corrected chi connectivity index (χ4v) is 16.3. The molecule has 0 N–H and O–H groups in total. The highest BCUT2D eigenvalue weighted by atomic mass is 32.2. The molecule has 0 saturated carbocycles. The first-order valence-corrected chi connectivity index (χ1v) is 15.1. The largest absolute Gasteiger partial charge is 0.415 e. The Bertz CT molecular complexity index is 340. The van der Waals surface area contributed by atoms with Crippen LogP contribution in [-0.4, -0.2) is 44.2 Å². The second kappa shape index (κ2) is 6.31. The van der Waals surface area contributed by atoms with Crippen LogP contribution >= 0.6 is 50.5 Å². The third kappa shape index (κ3) is 4.54. The van der Waals surface area contributed by atoms with E-state index in [4.69, 9.17) is 16.5 Å². The van der Waals surface area contributed by atoms with Crippen LogP contribution in [0.3, 0.4) is 0 Å². The van der Waals surface area contributed by atoms with Crippen molar-refractivity contribution in [2.75, 3.05) is 0 Å². The molecule has 0 aliphatic carbocycles. The van der Waals surface area contributed by atoms with E-state index in [1.54, 1.807) is 0 Å². The van der Waals surface area contributed by atoms with E-state index in [9.17, 15) is 0 Å². The molecular formula is C7H19O4S4Si4. The number of hydrogen-bond donors (Lipinski definition) is 4. The molecule has 1 fully saturated rings. The molecule has 0 bridgehead atoms. The highest BCUT2D eigenvalue weighted by molar-refractivity contribution is 8.10. The average molecular weight is 408 g/mol. The van der Waals surface area contributed by atoms with Crippen LogP contribution in [0.1, 0.15) is 6.92 Å². The van der Waals surface area contributed by atoms with Crippen LogP contribution in [-0.2, 0) is 16.5 Å². The second-order valence-corrected chi connectivity index (χ2v) is 19.6. The summed E-state index contributed by atoms with van der Waals surface area (Å²) in [5, 5.41) is 0. The SMILES string of the molecule is C[Si]1O[Si]O[Si](C)(C(S)(S)C(C)(S)S)O[Si](C)(C)O1. The van der Waals surface area contributed by atoms with Crippen LogP contribution in [0.15, 0.2) is 0 Å².